The number of piperidine rings is 2. The Kier molecular flexibility index (Phi) is 9.11. The number of fused-ring (bicyclic) bond motifs is 2. The second-order valence-electron chi connectivity index (χ2n) is 13.9. The van der Waals surface area contributed by atoms with E-state index in [2.05, 4.69) is 20.5 Å². The molecule has 3 aliphatic rings. The molecule has 0 spiro atoms. The maximum Gasteiger partial charge on any atom is 0.433 e. The second-order valence-corrected chi connectivity index (χ2v) is 15.0. The Labute approximate surface area is 299 Å². The molecule has 2 aromatic heterocycles. The highest BCUT2D eigenvalue weighted by Gasteiger charge is 2.41. The molecule has 272 valence electrons. The summed E-state index contributed by atoms with van der Waals surface area (Å²) >= 11 is 1.44. The van der Waals surface area contributed by atoms with Crippen molar-refractivity contribution in [1.82, 2.24) is 25.1 Å². The van der Waals surface area contributed by atoms with Crippen molar-refractivity contribution in [3.05, 3.63) is 86.9 Å². The number of anilines is 1. The largest absolute Gasteiger partial charge is 0.433 e. The number of likely N-dealkylation sites (tertiary alicyclic amines) is 1. The van der Waals surface area contributed by atoms with Crippen LogP contribution in [0, 0.1) is 5.82 Å². The molecule has 3 aliphatic heterocycles. The molecule has 52 heavy (non-hydrogen) atoms. The lowest BCUT2D eigenvalue weighted by Gasteiger charge is -2.31. The average Bonchev–Trinajstić information content (AvgIpc) is 3.64. The fourth-order valence-electron chi connectivity index (χ4n) is 7.09. The third kappa shape index (κ3) is 7.01. The van der Waals surface area contributed by atoms with E-state index in [-0.39, 0.29) is 36.6 Å². The molecular weight excluding hydrogens is 704 g/mol. The van der Waals surface area contributed by atoms with Crippen LogP contribution < -0.4 is 10.6 Å². The number of imide groups is 1. The van der Waals surface area contributed by atoms with E-state index in [0.717, 1.165) is 34.7 Å². The molecule has 4 amide bonds. The van der Waals surface area contributed by atoms with Crippen LogP contribution in [0.15, 0.2) is 42.5 Å². The van der Waals surface area contributed by atoms with Gasteiger partial charge in [0.2, 0.25) is 11.8 Å². The standard InChI is InChI=1S/C36H34F4N6O5S/c1-35(2,51)21-14-25-27(15-24(21)42-31(48)23-4-3-5-28(41-23)36(38,39)40)52-33(43-25)19-8-10-45(11-9-19)16-18-12-20-17-46(34(50)30(20)22(37)13-18)26-6-7-29(47)44-32(26)49/h3-5,12-15,19,26,51H,6-11,16-17H2,1-2H3,(H,42,48)(H,44,47,49). The average molecular weight is 739 g/mol. The molecule has 1 unspecified atom stereocenters. The number of aliphatic hydroxyl groups is 1. The first kappa shape index (κ1) is 35.6. The Hall–Kier alpha value is -4.80. The number of carbonyl (C=O) groups excluding carboxylic acids is 4. The van der Waals surface area contributed by atoms with Crippen molar-refractivity contribution in [2.75, 3.05) is 18.4 Å². The fraction of sp³-hybridized carbons (Fsp3) is 0.389. The van der Waals surface area contributed by atoms with Gasteiger partial charge in [-0.2, -0.15) is 13.2 Å². The first-order valence-corrected chi connectivity index (χ1v) is 17.6. The van der Waals surface area contributed by atoms with Crippen LogP contribution in [0.3, 0.4) is 0 Å². The number of aromatic nitrogens is 2. The van der Waals surface area contributed by atoms with Gasteiger partial charge in [0.05, 0.1) is 26.4 Å². The highest BCUT2D eigenvalue weighted by molar-refractivity contribution is 7.18. The minimum Gasteiger partial charge on any atom is -0.386 e. The predicted molar refractivity (Wildman–Crippen MR) is 182 cm³/mol. The number of halogens is 4. The zero-order valence-corrected chi connectivity index (χ0v) is 29.0. The van der Waals surface area contributed by atoms with E-state index in [1.54, 1.807) is 12.1 Å². The number of alkyl halides is 3. The molecule has 11 nitrogen and oxygen atoms in total. The van der Waals surface area contributed by atoms with Gasteiger partial charge in [-0.15, -0.1) is 11.3 Å². The number of carbonyl (C=O) groups is 4. The molecule has 0 aliphatic carbocycles. The van der Waals surface area contributed by atoms with Crippen molar-refractivity contribution in [1.29, 1.82) is 0 Å². The van der Waals surface area contributed by atoms with Crippen LogP contribution >= 0.6 is 11.3 Å². The van der Waals surface area contributed by atoms with Gasteiger partial charge in [0.1, 0.15) is 23.2 Å². The number of rotatable bonds is 7. The van der Waals surface area contributed by atoms with Gasteiger partial charge < -0.3 is 15.3 Å². The molecule has 4 aromatic rings. The van der Waals surface area contributed by atoms with Crippen LogP contribution in [0.1, 0.15) is 93.7 Å². The van der Waals surface area contributed by atoms with Crippen molar-refractivity contribution >= 4 is 50.9 Å². The fourth-order valence-corrected chi connectivity index (χ4v) is 8.25. The summed E-state index contributed by atoms with van der Waals surface area (Å²) in [6.45, 7) is 5.01. The van der Waals surface area contributed by atoms with E-state index in [9.17, 15) is 37.5 Å². The van der Waals surface area contributed by atoms with Crippen molar-refractivity contribution < 1.29 is 41.8 Å². The van der Waals surface area contributed by atoms with Gasteiger partial charge in [0.15, 0.2) is 0 Å². The van der Waals surface area contributed by atoms with Crippen LogP contribution in [-0.4, -0.2) is 67.6 Å². The molecule has 3 N–H and O–H groups in total. The van der Waals surface area contributed by atoms with E-state index in [0.29, 0.717) is 41.8 Å². The number of hydrogen-bond acceptors (Lipinski definition) is 9. The summed E-state index contributed by atoms with van der Waals surface area (Å²) in [5.41, 5.74) is -0.642. The van der Waals surface area contributed by atoms with Crippen LogP contribution in [0.2, 0.25) is 0 Å². The van der Waals surface area contributed by atoms with E-state index < -0.39 is 58.7 Å². The van der Waals surface area contributed by atoms with Gasteiger partial charge in [-0.3, -0.25) is 29.4 Å². The molecule has 0 bridgehead atoms. The number of nitrogens with one attached hydrogen (secondary N) is 2. The molecule has 0 radical (unpaired) electrons. The lowest BCUT2D eigenvalue weighted by Crippen LogP contribution is -2.52. The van der Waals surface area contributed by atoms with Crippen LogP contribution in [0.5, 0.6) is 0 Å². The van der Waals surface area contributed by atoms with Crippen LogP contribution in [0.25, 0.3) is 10.2 Å². The monoisotopic (exact) mass is 738 g/mol. The molecule has 2 aromatic carbocycles. The summed E-state index contributed by atoms with van der Waals surface area (Å²) in [4.78, 5) is 61.9. The quantitative estimate of drug-likeness (QED) is 0.167. The molecule has 16 heteroatoms. The number of amides is 4. The summed E-state index contributed by atoms with van der Waals surface area (Å²) in [5.74, 6) is -2.87. The van der Waals surface area contributed by atoms with E-state index in [1.165, 1.54) is 42.2 Å². The van der Waals surface area contributed by atoms with Gasteiger partial charge >= 0.3 is 6.18 Å². The third-order valence-corrected chi connectivity index (χ3v) is 10.9. The van der Waals surface area contributed by atoms with Crippen LogP contribution in [0.4, 0.5) is 23.2 Å². The highest BCUT2D eigenvalue weighted by atomic mass is 32.1. The Bertz CT molecular complexity index is 2120. The smallest absolute Gasteiger partial charge is 0.386 e. The summed E-state index contributed by atoms with van der Waals surface area (Å²) in [5, 5.41) is 16.7. The second kappa shape index (κ2) is 13.3. The highest BCUT2D eigenvalue weighted by Crippen LogP contribution is 2.39. The topological polar surface area (TPSA) is 145 Å². The number of nitrogens with zero attached hydrogens (tertiary/aromatic N) is 4. The number of thiazole rings is 1. The van der Waals surface area contributed by atoms with Crippen LogP contribution in [-0.2, 0) is 34.5 Å². The molecule has 5 heterocycles. The zero-order chi connectivity index (χ0) is 37.1. The maximum atomic E-state index is 15.3. The number of pyridine rings is 1. The first-order valence-electron chi connectivity index (χ1n) is 16.8. The molecule has 7 rings (SSSR count). The van der Waals surface area contributed by atoms with E-state index in [4.69, 9.17) is 4.98 Å². The van der Waals surface area contributed by atoms with Gasteiger partial charge in [0.25, 0.3) is 11.8 Å². The van der Waals surface area contributed by atoms with Gasteiger partial charge in [-0.25, -0.2) is 14.4 Å². The van der Waals surface area contributed by atoms with Crippen molar-refractivity contribution in [3.63, 3.8) is 0 Å². The summed E-state index contributed by atoms with van der Waals surface area (Å²) in [7, 11) is 0. The van der Waals surface area contributed by atoms with Crippen molar-refractivity contribution in [3.8, 4) is 0 Å². The van der Waals surface area contributed by atoms with Gasteiger partial charge in [-0.1, -0.05) is 12.1 Å². The van der Waals surface area contributed by atoms with E-state index >= 15 is 4.39 Å². The Morgan fingerprint density at radius 3 is 2.50 bits per heavy atom. The van der Waals surface area contributed by atoms with Gasteiger partial charge in [0, 0.05) is 36.7 Å². The lowest BCUT2D eigenvalue weighted by molar-refractivity contribution is -0.141. The first-order chi connectivity index (χ1) is 24.5. The minimum absolute atomic E-state index is 0.0363. The minimum atomic E-state index is -4.72. The Balaban J connectivity index is 1.03. The van der Waals surface area contributed by atoms with E-state index in [1.807, 2.05) is 6.07 Å². The molecule has 2 fully saturated rings. The number of hydrogen-bond donors (Lipinski definition) is 3. The summed E-state index contributed by atoms with van der Waals surface area (Å²) in [6.07, 6.45) is -2.88. The number of benzene rings is 2. The maximum absolute atomic E-state index is 15.3. The Morgan fingerprint density at radius 1 is 1.06 bits per heavy atom. The third-order valence-electron chi connectivity index (χ3n) is 9.70. The summed E-state index contributed by atoms with van der Waals surface area (Å²) < 4.78 is 55.6. The Morgan fingerprint density at radius 2 is 1.81 bits per heavy atom. The summed E-state index contributed by atoms with van der Waals surface area (Å²) in [6, 6.07) is 8.76. The zero-order valence-electron chi connectivity index (χ0n) is 28.1. The molecule has 0 saturated carbocycles. The molecular formula is C36H34F4N6O5S. The van der Waals surface area contributed by atoms with Crippen molar-refractivity contribution in [2.24, 2.45) is 0 Å². The SMILES string of the molecule is CC(C)(O)c1cc2nc(C3CCN(Cc4cc(F)c5c(c4)CN(C4CCC(=O)NC4=O)C5=O)CC3)sc2cc1NC(=O)c1cccc(C(F)(F)F)n1. The van der Waals surface area contributed by atoms with Crippen molar-refractivity contribution in [2.45, 2.75) is 76.4 Å². The lowest BCUT2D eigenvalue weighted by atomic mass is 9.95. The van der Waals surface area contributed by atoms with Gasteiger partial charge in [-0.05, 0) is 87.7 Å². The molecule has 1 atom stereocenters. The molecule has 2 saturated heterocycles. The predicted octanol–water partition coefficient (Wildman–Crippen LogP) is 5.47. The normalized spacial score (nSPS) is 18.9.